The molecular weight excluding hydrogens is 406 g/mol. The molecular formula is C24H25N5O3. The van der Waals surface area contributed by atoms with Gasteiger partial charge in [-0.25, -0.2) is 4.98 Å². The Bertz CT molecular complexity index is 1270. The van der Waals surface area contributed by atoms with Gasteiger partial charge in [0.15, 0.2) is 0 Å². The fraction of sp³-hybridized carbons (Fsp3) is 0.208. The standard InChI is InChI=1S/C24H23N5O3.H2/c1-14-21(23-28-27-22(32-23)19-7-5-6-18(12-19)15(2)30)26-20(13-25-14)16-8-10-17(11-9-16)24(31)29(3)4;/h5-13,15,30H,1-4H3;1H. The Labute approximate surface area is 187 Å². The van der Waals surface area contributed by atoms with E-state index in [0.717, 1.165) is 11.1 Å². The third-order valence-electron chi connectivity index (χ3n) is 5.03. The van der Waals surface area contributed by atoms with E-state index in [-0.39, 0.29) is 13.2 Å². The molecule has 1 N–H and O–H groups in total. The summed E-state index contributed by atoms with van der Waals surface area (Å²) >= 11 is 0. The van der Waals surface area contributed by atoms with Gasteiger partial charge in [0, 0.05) is 32.2 Å². The Morgan fingerprint density at radius 2 is 1.78 bits per heavy atom. The number of carbonyl (C=O) groups is 1. The van der Waals surface area contributed by atoms with Crippen LogP contribution in [-0.2, 0) is 0 Å². The summed E-state index contributed by atoms with van der Waals surface area (Å²) < 4.78 is 5.88. The van der Waals surface area contributed by atoms with Crippen molar-refractivity contribution in [3.63, 3.8) is 0 Å². The van der Waals surface area contributed by atoms with Gasteiger partial charge in [-0.1, -0.05) is 24.3 Å². The van der Waals surface area contributed by atoms with E-state index in [1.54, 1.807) is 39.3 Å². The van der Waals surface area contributed by atoms with Crippen LogP contribution in [0.1, 0.15) is 36.1 Å². The molecule has 2 heterocycles. The van der Waals surface area contributed by atoms with Gasteiger partial charge in [-0.3, -0.25) is 9.78 Å². The Balaban J connectivity index is 0.00000306. The van der Waals surface area contributed by atoms with Gasteiger partial charge in [0.25, 0.3) is 11.8 Å². The zero-order valence-electron chi connectivity index (χ0n) is 18.3. The topological polar surface area (TPSA) is 105 Å². The van der Waals surface area contributed by atoms with Gasteiger partial charge in [-0.2, -0.15) is 0 Å². The van der Waals surface area contributed by atoms with Crippen LogP contribution < -0.4 is 0 Å². The van der Waals surface area contributed by atoms with Crippen molar-refractivity contribution in [1.82, 2.24) is 25.1 Å². The number of aliphatic hydroxyl groups is 1. The first-order chi connectivity index (χ1) is 15.3. The minimum atomic E-state index is -0.596. The Morgan fingerprint density at radius 1 is 1.06 bits per heavy atom. The number of nitrogens with zero attached hydrogens (tertiary/aromatic N) is 5. The molecule has 8 nitrogen and oxygen atoms in total. The fourth-order valence-corrected chi connectivity index (χ4v) is 3.20. The first-order valence-corrected chi connectivity index (χ1v) is 10.1. The normalized spacial score (nSPS) is 11.9. The first-order valence-electron chi connectivity index (χ1n) is 10.1. The quantitative estimate of drug-likeness (QED) is 0.505. The lowest BCUT2D eigenvalue weighted by Crippen LogP contribution is -2.21. The van der Waals surface area contributed by atoms with E-state index in [9.17, 15) is 9.90 Å². The molecule has 1 amide bonds. The molecule has 0 aliphatic carbocycles. The van der Waals surface area contributed by atoms with Gasteiger partial charge in [0.2, 0.25) is 5.89 Å². The summed E-state index contributed by atoms with van der Waals surface area (Å²) in [7, 11) is 3.43. The average Bonchev–Trinajstić information content (AvgIpc) is 3.29. The molecule has 0 aliphatic heterocycles. The molecule has 1 unspecified atom stereocenters. The molecule has 0 spiro atoms. The van der Waals surface area contributed by atoms with Crippen molar-refractivity contribution >= 4 is 5.91 Å². The van der Waals surface area contributed by atoms with Gasteiger partial charge < -0.3 is 14.4 Å². The van der Waals surface area contributed by atoms with Crippen LogP contribution in [0.4, 0.5) is 0 Å². The third kappa shape index (κ3) is 4.26. The number of hydrogen-bond donors (Lipinski definition) is 1. The zero-order valence-corrected chi connectivity index (χ0v) is 18.3. The van der Waals surface area contributed by atoms with Crippen molar-refractivity contribution in [3.05, 3.63) is 71.5 Å². The number of benzene rings is 2. The van der Waals surface area contributed by atoms with Crippen molar-refractivity contribution in [2.24, 2.45) is 0 Å². The number of aromatic nitrogens is 4. The molecule has 1 atom stereocenters. The molecule has 8 heteroatoms. The van der Waals surface area contributed by atoms with E-state index in [1.165, 1.54) is 4.90 Å². The van der Waals surface area contributed by atoms with Crippen molar-refractivity contribution in [3.8, 4) is 34.3 Å². The minimum absolute atomic E-state index is 0. The number of carbonyl (C=O) groups excluding carboxylic acids is 1. The molecule has 0 radical (unpaired) electrons. The smallest absolute Gasteiger partial charge is 0.268 e. The summed E-state index contributed by atoms with van der Waals surface area (Å²) in [4.78, 5) is 22.8. The fourth-order valence-electron chi connectivity index (χ4n) is 3.20. The Hall–Kier alpha value is -3.91. The molecule has 32 heavy (non-hydrogen) atoms. The van der Waals surface area contributed by atoms with Crippen molar-refractivity contribution in [2.45, 2.75) is 20.0 Å². The van der Waals surface area contributed by atoms with Gasteiger partial charge in [0.05, 0.1) is 23.7 Å². The number of rotatable bonds is 5. The van der Waals surface area contributed by atoms with E-state index in [2.05, 4.69) is 20.2 Å². The van der Waals surface area contributed by atoms with E-state index >= 15 is 0 Å². The second-order valence-corrected chi connectivity index (χ2v) is 7.68. The largest absolute Gasteiger partial charge is 0.415 e. The van der Waals surface area contributed by atoms with Crippen LogP contribution in [0.5, 0.6) is 0 Å². The predicted molar refractivity (Wildman–Crippen MR) is 122 cm³/mol. The number of aryl methyl sites for hydroxylation is 1. The average molecular weight is 431 g/mol. The van der Waals surface area contributed by atoms with Crippen LogP contribution in [0.25, 0.3) is 34.3 Å². The molecule has 0 fully saturated rings. The highest BCUT2D eigenvalue weighted by Gasteiger charge is 2.17. The second kappa shape index (κ2) is 8.68. The minimum Gasteiger partial charge on any atom is -0.415 e. The second-order valence-electron chi connectivity index (χ2n) is 7.68. The van der Waals surface area contributed by atoms with Crippen LogP contribution in [0.15, 0.2) is 59.1 Å². The molecule has 0 saturated carbocycles. The highest BCUT2D eigenvalue weighted by atomic mass is 16.4. The van der Waals surface area contributed by atoms with Crippen LogP contribution in [0.2, 0.25) is 0 Å². The lowest BCUT2D eigenvalue weighted by molar-refractivity contribution is 0.0827. The maximum absolute atomic E-state index is 12.1. The maximum atomic E-state index is 12.1. The van der Waals surface area contributed by atoms with E-state index in [0.29, 0.717) is 34.1 Å². The predicted octanol–water partition coefficient (Wildman–Crippen LogP) is 4.17. The van der Waals surface area contributed by atoms with Gasteiger partial charge in [0.1, 0.15) is 5.69 Å². The van der Waals surface area contributed by atoms with Gasteiger partial charge in [-0.15, -0.1) is 10.2 Å². The summed E-state index contributed by atoms with van der Waals surface area (Å²) in [6.07, 6.45) is 1.08. The van der Waals surface area contributed by atoms with Crippen LogP contribution in [0, 0.1) is 6.92 Å². The molecule has 2 aromatic carbocycles. The molecule has 2 aromatic heterocycles. The SMILES string of the molecule is Cc1ncc(-c2ccc(C(=O)N(C)C)cc2)nc1-c1nnc(-c2cccc(C(C)O)c2)o1.[HH]. The van der Waals surface area contributed by atoms with E-state index in [4.69, 9.17) is 4.42 Å². The number of amides is 1. The monoisotopic (exact) mass is 431 g/mol. The van der Waals surface area contributed by atoms with Gasteiger partial charge >= 0.3 is 0 Å². The summed E-state index contributed by atoms with van der Waals surface area (Å²) in [6, 6.07) is 14.5. The highest BCUT2D eigenvalue weighted by Crippen LogP contribution is 2.28. The molecule has 4 aromatic rings. The zero-order chi connectivity index (χ0) is 22.8. The van der Waals surface area contributed by atoms with Crippen molar-refractivity contribution in [2.75, 3.05) is 14.1 Å². The molecule has 4 rings (SSSR count). The number of hydrogen-bond acceptors (Lipinski definition) is 7. The van der Waals surface area contributed by atoms with Crippen molar-refractivity contribution < 1.29 is 15.7 Å². The van der Waals surface area contributed by atoms with Gasteiger partial charge in [-0.05, 0) is 43.7 Å². The Kier molecular flexibility index (Phi) is 5.79. The maximum Gasteiger partial charge on any atom is 0.268 e. The van der Waals surface area contributed by atoms with E-state index < -0.39 is 6.10 Å². The lowest BCUT2D eigenvalue weighted by Gasteiger charge is -2.10. The highest BCUT2D eigenvalue weighted by molar-refractivity contribution is 5.94. The first kappa shape index (κ1) is 21.3. The van der Waals surface area contributed by atoms with E-state index in [1.807, 2.05) is 43.3 Å². The molecule has 164 valence electrons. The summed E-state index contributed by atoms with van der Waals surface area (Å²) in [6.45, 7) is 3.52. The molecule has 0 saturated heterocycles. The third-order valence-corrected chi connectivity index (χ3v) is 5.03. The summed E-state index contributed by atoms with van der Waals surface area (Å²) in [5, 5.41) is 18.1. The molecule has 0 bridgehead atoms. The van der Waals surface area contributed by atoms with Crippen LogP contribution in [0.3, 0.4) is 0 Å². The summed E-state index contributed by atoms with van der Waals surface area (Å²) in [5.74, 6) is 0.527. The number of aliphatic hydroxyl groups excluding tert-OH is 1. The molecule has 0 aliphatic rings. The summed E-state index contributed by atoms with van der Waals surface area (Å²) in [5.41, 5.74) is 4.66. The van der Waals surface area contributed by atoms with Crippen LogP contribution >= 0.6 is 0 Å². The van der Waals surface area contributed by atoms with Crippen LogP contribution in [-0.4, -0.2) is 50.2 Å². The lowest BCUT2D eigenvalue weighted by atomic mass is 10.1. The Morgan fingerprint density at radius 3 is 2.47 bits per heavy atom. The van der Waals surface area contributed by atoms with Crippen molar-refractivity contribution in [1.29, 1.82) is 0 Å².